The molecule has 1 saturated carbocycles. The van der Waals surface area contributed by atoms with Gasteiger partial charge in [0.25, 0.3) is 0 Å². The Kier molecular flexibility index (Phi) is 3.66. The van der Waals surface area contributed by atoms with Crippen molar-refractivity contribution >= 4 is 0 Å². The van der Waals surface area contributed by atoms with Gasteiger partial charge in [0.2, 0.25) is 0 Å². The third-order valence-corrected chi connectivity index (χ3v) is 4.13. The molecular weight excluding hydrogens is 168 g/mol. The summed E-state index contributed by atoms with van der Waals surface area (Å²) in [5, 5.41) is 0. The molecule has 0 unspecified atom stereocenters. The molecule has 0 aromatic rings. The predicted octanol–water partition coefficient (Wildman–Crippen LogP) is 4.74. The first-order valence-electron chi connectivity index (χ1n) is 6.32. The van der Waals surface area contributed by atoms with Gasteiger partial charge < -0.3 is 0 Å². The monoisotopic (exact) mass is 196 g/mol. The second-order valence-corrected chi connectivity index (χ2v) is 6.80. The van der Waals surface area contributed by atoms with Crippen molar-refractivity contribution in [1.29, 1.82) is 0 Å². The minimum Gasteiger partial charge on any atom is -0.0625 e. The quantitative estimate of drug-likeness (QED) is 0.568. The van der Waals surface area contributed by atoms with Crippen molar-refractivity contribution < 1.29 is 0 Å². The molecular formula is C14H28. The molecule has 0 N–H and O–H groups in total. The zero-order valence-corrected chi connectivity index (χ0v) is 10.9. The Morgan fingerprint density at radius 3 is 2.07 bits per heavy atom. The van der Waals surface area contributed by atoms with E-state index in [1.54, 1.807) is 0 Å². The average molecular weight is 196 g/mol. The molecule has 3 atom stereocenters. The van der Waals surface area contributed by atoms with Crippen LogP contribution in [0.1, 0.15) is 60.8 Å². The van der Waals surface area contributed by atoms with E-state index in [4.69, 9.17) is 0 Å². The van der Waals surface area contributed by atoms with E-state index >= 15 is 0 Å². The van der Waals surface area contributed by atoms with Gasteiger partial charge in [-0.2, -0.15) is 0 Å². The van der Waals surface area contributed by atoms with Crippen molar-refractivity contribution in [3.63, 3.8) is 0 Å². The van der Waals surface area contributed by atoms with Crippen LogP contribution in [0.15, 0.2) is 0 Å². The highest BCUT2D eigenvalue weighted by atomic mass is 14.4. The average Bonchev–Trinajstić information content (AvgIpc) is 2.01. The predicted molar refractivity (Wildman–Crippen MR) is 64.3 cm³/mol. The van der Waals surface area contributed by atoms with Crippen LogP contribution in [0.5, 0.6) is 0 Å². The molecule has 1 aliphatic carbocycles. The molecule has 0 heterocycles. The van der Waals surface area contributed by atoms with Crippen molar-refractivity contribution in [3.8, 4) is 0 Å². The van der Waals surface area contributed by atoms with Crippen LogP contribution < -0.4 is 0 Å². The first-order valence-corrected chi connectivity index (χ1v) is 6.32. The Bertz CT molecular complexity index is 173. The minimum absolute atomic E-state index is 0.504. The lowest BCUT2D eigenvalue weighted by molar-refractivity contribution is 0.0538. The molecule has 0 spiro atoms. The summed E-state index contributed by atoms with van der Waals surface area (Å²) in [6.07, 6.45) is 4.36. The molecule has 0 heteroatoms. The van der Waals surface area contributed by atoms with Crippen LogP contribution in [0.2, 0.25) is 0 Å². The Morgan fingerprint density at radius 2 is 1.64 bits per heavy atom. The maximum absolute atomic E-state index is 2.43. The van der Waals surface area contributed by atoms with Gasteiger partial charge in [0.05, 0.1) is 0 Å². The van der Waals surface area contributed by atoms with E-state index in [-0.39, 0.29) is 0 Å². The van der Waals surface area contributed by atoms with Gasteiger partial charge in [-0.15, -0.1) is 0 Å². The van der Waals surface area contributed by atoms with E-state index in [0.29, 0.717) is 5.41 Å². The summed E-state index contributed by atoms with van der Waals surface area (Å²) < 4.78 is 0. The highest BCUT2D eigenvalue weighted by molar-refractivity contribution is 4.87. The van der Waals surface area contributed by atoms with Crippen LogP contribution >= 0.6 is 0 Å². The van der Waals surface area contributed by atoms with Gasteiger partial charge in [0, 0.05) is 0 Å². The number of hydrogen-bond donors (Lipinski definition) is 0. The summed E-state index contributed by atoms with van der Waals surface area (Å²) in [7, 11) is 0. The van der Waals surface area contributed by atoms with Crippen molar-refractivity contribution in [2.75, 3.05) is 0 Å². The Morgan fingerprint density at radius 1 is 1.07 bits per heavy atom. The lowest BCUT2D eigenvalue weighted by Crippen LogP contribution is -2.36. The van der Waals surface area contributed by atoms with Crippen molar-refractivity contribution in [2.24, 2.45) is 29.1 Å². The number of rotatable bonds is 1. The largest absolute Gasteiger partial charge is 0.0625 e. The molecule has 0 aliphatic heterocycles. The van der Waals surface area contributed by atoms with Gasteiger partial charge in [0.15, 0.2) is 0 Å². The molecule has 1 aliphatic rings. The smallest absolute Gasteiger partial charge is 0.0332 e. The van der Waals surface area contributed by atoms with Crippen LogP contribution in [0.4, 0.5) is 0 Å². The van der Waals surface area contributed by atoms with Crippen molar-refractivity contribution in [3.05, 3.63) is 0 Å². The molecule has 0 saturated heterocycles. The molecule has 0 nitrogen and oxygen atoms in total. The summed E-state index contributed by atoms with van der Waals surface area (Å²) in [4.78, 5) is 0. The molecule has 0 bridgehead atoms. The lowest BCUT2D eigenvalue weighted by Gasteiger charge is -2.44. The van der Waals surface area contributed by atoms with Gasteiger partial charge >= 0.3 is 0 Å². The van der Waals surface area contributed by atoms with E-state index in [1.807, 2.05) is 0 Å². The maximum Gasteiger partial charge on any atom is -0.0332 e. The fourth-order valence-corrected chi connectivity index (χ4v) is 3.20. The van der Waals surface area contributed by atoms with Gasteiger partial charge in [-0.05, 0) is 41.9 Å². The first kappa shape index (κ1) is 12.1. The normalized spacial score (nSPS) is 34.9. The summed E-state index contributed by atoms with van der Waals surface area (Å²) in [6.45, 7) is 14.5. The van der Waals surface area contributed by atoms with Crippen LogP contribution in [0.3, 0.4) is 0 Å². The van der Waals surface area contributed by atoms with Gasteiger partial charge in [-0.1, -0.05) is 48.0 Å². The first-order chi connectivity index (χ1) is 6.32. The second-order valence-electron chi connectivity index (χ2n) is 6.80. The van der Waals surface area contributed by atoms with E-state index in [9.17, 15) is 0 Å². The standard InChI is InChI=1S/C14H28/c1-10(2)12-8-7-11(3)9-13(12)14(4,5)6/h10-13H,7-9H2,1-6H3/t11-,12+,13-/m0/s1. The Hall–Kier alpha value is 0. The number of hydrogen-bond acceptors (Lipinski definition) is 0. The molecule has 1 fully saturated rings. The van der Waals surface area contributed by atoms with Gasteiger partial charge in [0.1, 0.15) is 0 Å². The molecule has 0 radical (unpaired) electrons. The molecule has 14 heavy (non-hydrogen) atoms. The zero-order valence-electron chi connectivity index (χ0n) is 10.9. The van der Waals surface area contributed by atoms with Crippen LogP contribution in [-0.4, -0.2) is 0 Å². The van der Waals surface area contributed by atoms with Gasteiger partial charge in [-0.25, -0.2) is 0 Å². The zero-order chi connectivity index (χ0) is 10.9. The fraction of sp³-hybridized carbons (Fsp3) is 1.00. The van der Waals surface area contributed by atoms with Crippen molar-refractivity contribution in [2.45, 2.75) is 60.8 Å². The molecule has 1 rings (SSSR count). The third kappa shape index (κ3) is 2.74. The topological polar surface area (TPSA) is 0 Å². The van der Waals surface area contributed by atoms with Crippen LogP contribution in [0, 0.1) is 29.1 Å². The van der Waals surface area contributed by atoms with E-state index < -0.39 is 0 Å². The Labute approximate surface area is 90.5 Å². The van der Waals surface area contributed by atoms with E-state index in [2.05, 4.69) is 41.5 Å². The van der Waals surface area contributed by atoms with Crippen molar-refractivity contribution in [1.82, 2.24) is 0 Å². The SMILES string of the molecule is CC(C)[C@H]1CC[C@H](C)C[C@@H]1C(C)(C)C. The maximum atomic E-state index is 2.43. The van der Waals surface area contributed by atoms with Gasteiger partial charge in [-0.3, -0.25) is 0 Å². The summed E-state index contributed by atoms with van der Waals surface area (Å²) in [5.74, 6) is 3.72. The lowest BCUT2D eigenvalue weighted by atomic mass is 9.61. The highest BCUT2D eigenvalue weighted by Gasteiger charge is 2.37. The Balaban J connectivity index is 2.74. The fourth-order valence-electron chi connectivity index (χ4n) is 3.20. The summed E-state index contributed by atoms with van der Waals surface area (Å²) in [6, 6.07) is 0. The molecule has 0 aromatic carbocycles. The van der Waals surface area contributed by atoms with E-state index in [0.717, 1.165) is 23.7 Å². The molecule has 0 aromatic heterocycles. The second kappa shape index (κ2) is 4.24. The molecule has 84 valence electrons. The third-order valence-electron chi connectivity index (χ3n) is 4.13. The van der Waals surface area contributed by atoms with Crippen LogP contribution in [-0.2, 0) is 0 Å². The summed E-state index contributed by atoms with van der Waals surface area (Å²) in [5.41, 5.74) is 0.504. The minimum atomic E-state index is 0.504. The van der Waals surface area contributed by atoms with Crippen LogP contribution in [0.25, 0.3) is 0 Å². The highest BCUT2D eigenvalue weighted by Crippen LogP contribution is 2.46. The molecule has 0 amide bonds. The summed E-state index contributed by atoms with van der Waals surface area (Å²) >= 11 is 0. The van der Waals surface area contributed by atoms with E-state index in [1.165, 1.54) is 19.3 Å².